The van der Waals surface area contributed by atoms with E-state index >= 15 is 0 Å². The molecule has 0 bridgehead atoms. The lowest BCUT2D eigenvalue weighted by Crippen LogP contribution is -2.42. The predicted octanol–water partition coefficient (Wildman–Crippen LogP) is -2.21. The molecular formula is C30H60O14. The zero-order valence-corrected chi connectivity index (χ0v) is 25.9. The third-order valence-corrected chi connectivity index (χ3v) is 8.21. The summed E-state index contributed by atoms with van der Waals surface area (Å²) < 4.78 is 5.21. The molecule has 44 heavy (non-hydrogen) atoms. The van der Waals surface area contributed by atoms with Crippen molar-refractivity contribution in [3.8, 4) is 0 Å². The number of carbonyl (C=O) groups is 1. The number of carbonyl (C=O) groups excluding carboxylic acids is 1. The molecule has 0 aromatic heterocycles. The van der Waals surface area contributed by atoms with Gasteiger partial charge in [-0.1, -0.05) is 44.9 Å². The van der Waals surface area contributed by atoms with E-state index in [4.69, 9.17) is 14.9 Å². The third kappa shape index (κ3) is 18.8. The van der Waals surface area contributed by atoms with Gasteiger partial charge in [0.15, 0.2) is 0 Å². The Morgan fingerprint density at radius 2 is 0.864 bits per heavy atom. The van der Waals surface area contributed by atoms with Crippen LogP contribution in [0.2, 0.25) is 0 Å². The number of rotatable bonds is 29. The van der Waals surface area contributed by atoms with Crippen LogP contribution in [0.1, 0.15) is 77.0 Å². The lowest BCUT2D eigenvalue weighted by Gasteiger charge is -2.40. The minimum absolute atomic E-state index is 0.0532. The first-order chi connectivity index (χ1) is 21.0. The molecule has 0 saturated heterocycles. The molecule has 12 N–H and O–H groups in total. The highest BCUT2D eigenvalue weighted by Gasteiger charge is 2.42. The van der Waals surface area contributed by atoms with Gasteiger partial charge in [-0.2, -0.15) is 0 Å². The largest absolute Gasteiger partial charge is 0.463 e. The number of aliphatic hydroxyl groups excluding tert-OH is 12. The summed E-state index contributed by atoms with van der Waals surface area (Å²) in [5.74, 6) is -4.20. The second-order valence-corrected chi connectivity index (χ2v) is 12.0. The van der Waals surface area contributed by atoms with E-state index in [9.17, 15) is 55.9 Å². The minimum Gasteiger partial charge on any atom is -0.463 e. The molecule has 0 aromatic rings. The smallest absolute Gasteiger partial charge is 0.309 e. The molecule has 10 atom stereocenters. The first-order valence-corrected chi connectivity index (χ1v) is 15.9. The maximum absolute atomic E-state index is 13.4. The second kappa shape index (κ2) is 26.1. The van der Waals surface area contributed by atoms with Crippen LogP contribution in [0.25, 0.3) is 0 Å². The minimum atomic E-state index is -1.38. The van der Waals surface area contributed by atoms with Crippen LogP contribution >= 0.6 is 0 Å². The van der Waals surface area contributed by atoms with Crippen molar-refractivity contribution in [3.05, 3.63) is 0 Å². The Hall–Kier alpha value is -1.01. The molecule has 0 spiro atoms. The zero-order chi connectivity index (χ0) is 33.5. The Kier molecular flexibility index (Phi) is 25.5. The zero-order valence-electron chi connectivity index (χ0n) is 25.9. The molecule has 264 valence electrons. The summed E-state index contributed by atoms with van der Waals surface area (Å²) in [6.45, 7) is -4.06. The average Bonchev–Trinajstić information content (AvgIpc) is 3.03. The SMILES string of the molecule is O=C(OCC(O)CO)C(CC(O)CO)C(CC(O)CO)C(CC(O)CO)C(CCCCCCCCC(O)CO)CC(O)CO. The van der Waals surface area contributed by atoms with Gasteiger partial charge in [-0.05, 0) is 49.9 Å². The van der Waals surface area contributed by atoms with Gasteiger partial charge in [0.2, 0.25) is 0 Å². The molecule has 0 radical (unpaired) electrons. The van der Waals surface area contributed by atoms with Gasteiger partial charge < -0.3 is 66.0 Å². The number of esters is 1. The van der Waals surface area contributed by atoms with Gasteiger partial charge in [0, 0.05) is 0 Å². The molecule has 0 aliphatic heterocycles. The van der Waals surface area contributed by atoms with E-state index in [1.165, 1.54) is 0 Å². The molecule has 0 heterocycles. The van der Waals surface area contributed by atoms with Crippen molar-refractivity contribution in [3.63, 3.8) is 0 Å². The lowest BCUT2D eigenvalue weighted by atomic mass is 9.66. The molecule has 14 nitrogen and oxygen atoms in total. The maximum atomic E-state index is 13.4. The standard InChI is InChI=1S/C30H60O14/c31-13-21(37)8-6-4-2-1-3-5-7-20(9-22(38)14-32)27(10-23(39)15-33)28(11-24(40)16-34)29(12-25(41)17-35)30(43)44-19-26(42)18-36/h20-29,31-42H,1-19H2. The fourth-order valence-electron chi connectivity index (χ4n) is 5.80. The van der Waals surface area contributed by atoms with Crippen LogP contribution in [0.4, 0.5) is 0 Å². The summed E-state index contributed by atoms with van der Waals surface area (Å²) in [5.41, 5.74) is 0. The van der Waals surface area contributed by atoms with Crippen LogP contribution in [0.15, 0.2) is 0 Å². The molecule has 0 aliphatic rings. The van der Waals surface area contributed by atoms with E-state index in [0.29, 0.717) is 19.3 Å². The van der Waals surface area contributed by atoms with E-state index in [0.717, 1.165) is 32.1 Å². The van der Waals surface area contributed by atoms with Crippen molar-refractivity contribution in [2.45, 2.75) is 114 Å². The average molecular weight is 645 g/mol. The molecule has 14 heteroatoms. The highest BCUT2D eigenvalue weighted by atomic mass is 16.5. The van der Waals surface area contributed by atoms with Crippen molar-refractivity contribution in [2.75, 3.05) is 46.2 Å². The molecule has 0 saturated carbocycles. The number of hydrogen-bond acceptors (Lipinski definition) is 14. The van der Waals surface area contributed by atoms with Crippen LogP contribution in [-0.4, -0.2) is 150 Å². The summed E-state index contributed by atoms with van der Waals surface area (Å²) >= 11 is 0. The van der Waals surface area contributed by atoms with Gasteiger partial charge in [-0.15, -0.1) is 0 Å². The molecule has 0 amide bonds. The molecule has 0 aliphatic carbocycles. The van der Waals surface area contributed by atoms with Gasteiger partial charge in [0.1, 0.15) is 12.7 Å². The van der Waals surface area contributed by atoms with Crippen LogP contribution in [0.3, 0.4) is 0 Å². The summed E-state index contributed by atoms with van der Waals surface area (Å²) in [7, 11) is 0. The number of aliphatic hydroxyl groups is 12. The lowest BCUT2D eigenvalue weighted by molar-refractivity contribution is -0.158. The Balaban J connectivity index is 6.21. The van der Waals surface area contributed by atoms with Crippen LogP contribution in [0, 0.1) is 23.7 Å². The predicted molar refractivity (Wildman–Crippen MR) is 159 cm³/mol. The Morgan fingerprint density at radius 1 is 0.455 bits per heavy atom. The number of hydrogen-bond donors (Lipinski definition) is 12. The molecule has 0 rings (SSSR count). The van der Waals surface area contributed by atoms with Crippen LogP contribution in [0.5, 0.6) is 0 Å². The van der Waals surface area contributed by atoms with E-state index in [-0.39, 0.29) is 32.3 Å². The van der Waals surface area contributed by atoms with Crippen LogP contribution in [-0.2, 0) is 9.53 Å². The highest BCUT2D eigenvalue weighted by Crippen LogP contribution is 2.41. The topological polar surface area (TPSA) is 269 Å². The first-order valence-electron chi connectivity index (χ1n) is 15.9. The Morgan fingerprint density at radius 3 is 1.36 bits per heavy atom. The summed E-state index contributed by atoms with van der Waals surface area (Å²) in [4.78, 5) is 13.4. The Labute approximate surface area is 260 Å². The van der Waals surface area contributed by atoms with Gasteiger partial charge >= 0.3 is 5.97 Å². The van der Waals surface area contributed by atoms with Crippen molar-refractivity contribution in [2.24, 2.45) is 23.7 Å². The second-order valence-electron chi connectivity index (χ2n) is 12.0. The number of ether oxygens (including phenoxy) is 1. The Bertz CT molecular complexity index is 686. The summed E-state index contributed by atoms with van der Waals surface area (Å²) in [6, 6.07) is 0. The quantitative estimate of drug-likeness (QED) is 0.0304. The van der Waals surface area contributed by atoms with Crippen molar-refractivity contribution in [1.82, 2.24) is 0 Å². The fourth-order valence-corrected chi connectivity index (χ4v) is 5.80. The maximum Gasteiger partial charge on any atom is 0.309 e. The van der Waals surface area contributed by atoms with Crippen molar-refractivity contribution < 1.29 is 70.8 Å². The summed E-state index contributed by atoms with van der Waals surface area (Å²) in [6.07, 6.45) is -1.93. The van der Waals surface area contributed by atoms with Crippen molar-refractivity contribution >= 4 is 5.97 Å². The third-order valence-electron chi connectivity index (χ3n) is 8.21. The number of unbranched alkanes of at least 4 members (excludes halogenated alkanes) is 5. The summed E-state index contributed by atoms with van der Waals surface area (Å²) in [5, 5.41) is 118. The van der Waals surface area contributed by atoms with E-state index in [1.807, 2.05) is 0 Å². The van der Waals surface area contributed by atoms with Gasteiger partial charge in [0.05, 0.1) is 76.1 Å². The van der Waals surface area contributed by atoms with Gasteiger partial charge in [-0.25, -0.2) is 0 Å². The molecule has 0 fully saturated rings. The van der Waals surface area contributed by atoms with E-state index < -0.39 is 106 Å². The normalized spacial score (nSPS) is 18.9. The van der Waals surface area contributed by atoms with Gasteiger partial charge in [-0.3, -0.25) is 4.79 Å². The van der Waals surface area contributed by atoms with E-state index in [1.54, 1.807) is 0 Å². The van der Waals surface area contributed by atoms with Crippen molar-refractivity contribution in [1.29, 1.82) is 0 Å². The highest BCUT2D eigenvalue weighted by molar-refractivity contribution is 5.73. The molecule has 0 aromatic carbocycles. The fraction of sp³-hybridized carbons (Fsp3) is 0.967. The van der Waals surface area contributed by atoms with Gasteiger partial charge in [0.25, 0.3) is 0 Å². The monoisotopic (exact) mass is 644 g/mol. The molecular weight excluding hydrogens is 584 g/mol. The van der Waals surface area contributed by atoms with Crippen LogP contribution < -0.4 is 0 Å². The van der Waals surface area contributed by atoms with E-state index in [2.05, 4.69) is 0 Å². The first kappa shape index (κ1) is 43.0. The molecule has 10 unspecified atom stereocenters.